The second-order valence-corrected chi connectivity index (χ2v) is 3.13. The molecule has 0 fully saturated rings. The molecule has 6 heteroatoms. The third kappa shape index (κ3) is 14.3. The number of nitrogens with one attached hydrogen (secondary N) is 1. The van der Waals surface area contributed by atoms with Crippen LogP contribution in [0.5, 0.6) is 0 Å². The zero-order chi connectivity index (χ0) is 10.6. The highest BCUT2D eigenvalue weighted by Crippen LogP contribution is 1.70. The summed E-state index contributed by atoms with van der Waals surface area (Å²) in [5.74, 6) is 0. The zero-order valence-corrected chi connectivity index (χ0v) is 10.8. The Hall–Kier alpha value is 0.280. The molecule has 0 saturated carbocycles. The van der Waals surface area contributed by atoms with Crippen LogP contribution in [0, 0.1) is 0 Å². The number of aliphatic hydroxyl groups excluding tert-OH is 2. The van der Waals surface area contributed by atoms with Crippen LogP contribution in [0.4, 0.5) is 0 Å². The molecule has 0 aromatic rings. The standard InChI is InChI=1S/C9H21NO4.BrH/c1-10(2-6-13-8-4-11)3-7-14-9-5-12;/h11-12H,2-9H2,1H3;1H. The molecule has 0 rings (SSSR count). The number of halogens is 1. The van der Waals surface area contributed by atoms with Crippen molar-refractivity contribution in [3.63, 3.8) is 0 Å². The first-order valence-electron chi connectivity index (χ1n) is 4.99. The van der Waals surface area contributed by atoms with Crippen molar-refractivity contribution in [3.05, 3.63) is 0 Å². The topological polar surface area (TPSA) is 63.4 Å². The van der Waals surface area contributed by atoms with Gasteiger partial charge in [0.2, 0.25) is 0 Å². The summed E-state index contributed by atoms with van der Waals surface area (Å²) in [4.78, 5) is 1.32. The highest BCUT2D eigenvalue weighted by Gasteiger charge is 2.00. The molecule has 0 saturated heterocycles. The first-order valence-corrected chi connectivity index (χ1v) is 4.99. The number of ether oxygens (including phenoxy) is 2. The first-order chi connectivity index (χ1) is 6.81. The van der Waals surface area contributed by atoms with Gasteiger partial charge in [0.15, 0.2) is 0 Å². The third-order valence-corrected chi connectivity index (χ3v) is 1.82. The van der Waals surface area contributed by atoms with Crippen LogP contribution in [-0.2, 0) is 9.47 Å². The van der Waals surface area contributed by atoms with Crippen LogP contribution >= 0.6 is 0 Å². The highest BCUT2D eigenvalue weighted by molar-refractivity contribution is 4.30. The maximum absolute atomic E-state index is 8.46. The Morgan fingerprint density at radius 2 is 1.27 bits per heavy atom. The second-order valence-electron chi connectivity index (χ2n) is 3.13. The van der Waals surface area contributed by atoms with E-state index in [2.05, 4.69) is 7.05 Å². The van der Waals surface area contributed by atoms with Crippen molar-refractivity contribution in [2.45, 2.75) is 0 Å². The molecule has 0 amide bonds. The van der Waals surface area contributed by atoms with Gasteiger partial charge in [-0.1, -0.05) is 0 Å². The summed E-state index contributed by atoms with van der Waals surface area (Å²) in [7, 11) is 2.06. The van der Waals surface area contributed by atoms with Crippen molar-refractivity contribution < 1.29 is 41.6 Å². The monoisotopic (exact) mass is 287 g/mol. The Kier molecular flexibility index (Phi) is 16.8. The summed E-state index contributed by atoms with van der Waals surface area (Å²) in [6.45, 7) is 4.11. The summed E-state index contributed by atoms with van der Waals surface area (Å²) < 4.78 is 10.3. The van der Waals surface area contributed by atoms with Gasteiger partial charge in [0.1, 0.15) is 13.1 Å². The Balaban J connectivity index is 0. The molecule has 0 heterocycles. The van der Waals surface area contributed by atoms with Crippen LogP contribution < -0.4 is 21.9 Å². The van der Waals surface area contributed by atoms with E-state index >= 15 is 0 Å². The molecule has 0 aliphatic rings. The van der Waals surface area contributed by atoms with Gasteiger partial charge in [-0.15, -0.1) is 0 Å². The smallest absolute Gasteiger partial charge is 0.101 e. The van der Waals surface area contributed by atoms with Crippen LogP contribution in [0.3, 0.4) is 0 Å². The van der Waals surface area contributed by atoms with Crippen LogP contribution in [-0.4, -0.2) is 70.0 Å². The minimum Gasteiger partial charge on any atom is -1.00 e. The normalized spacial score (nSPS) is 10.4. The molecule has 0 spiro atoms. The molecule has 0 bridgehead atoms. The average molecular weight is 288 g/mol. The van der Waals surface area contributed by atoms with E-state index in [-0.39, 0.29) is 30.2 Å². The first kappa shape index (κ1) is 17.7. The fourth-order valence-corrected chi connectivity index (χ4v) is 0.951. The lowest BCUT2D eigenvalue weighted by Crippen LogP contribution is -3.10. The van der Waals surface area contributed by atoms with Crippen molar-refractivity contribution >= 4 is 0 Å². The predicted molar refractivity (Wildman–Crippen MR) is 52.4 cm³/mol. The fraction of sp³-hybridized carbons (Fsp3) is 1.00. The van der Waals surface area contributed by atoms with Gasteiger partial charge in [-0.3, -0.25) is 0 Å². The number of likely N-dealkylation sites (N-methyl/N-ethyl adjacent to an activating group) is 1. The van der Waals surface area contributed by atoms with Gasteiger partial charge < -0.3 is 41.6 Å². The van der Waals surface area contributed by atoms with E-state index in [4.69, 9.17) is 19.7 Å². The minimum absolute atomic E-state index is 0. The van der Waals surface area contributed by atoms with Gasteiger partial charge in [0.25, 0.3) is 0 Å². The van der Waals surface area contributed by atoms with Crippen molar-refractivity contribution in [2.24, 2.45) is 0 Å². The SMILES string of the molecule is C[NH+](CCOCCO)CCOCCO.[Br-]. The molecular formula is C9H22BrNO4. The molecule has 5 nitrogen and oxygen atoms in total. The van der Waals surface area contributed by atoms with Crippen molar-refractivity contribution in [2.75, 3.05) is 59.8 Å². The van der Waals surface area contributed by atoms with E-state index in [0.717, 1.165) is 13.1 Å². The molecule has 0 aliphatic heterocycles. The van der Waals surface area contributed by atoms with Gasteiger partial charge in [-0.05, 0) is 0 Å². The van der Waals surface area contributed by atoms with Gasteiger partial charge >= 0.3 is 0 Å². The maximum Gasteiger partial charge on any atom is 0.101 e. The van der Waals surface area contributed by atoms with E-state index in [1.54, 1.807) is 0 Å². The molecule has 0 atom stereocenters. The number of hydrogen-bond donors (Lipinski definition) is 3. The van der Waals surface area contributed by atoms with Crippen LogP contribution in [0.25, 0.3) is 0 Å². The van der Waals surface area contributed by atoms with Crippen LogP contribution in [0.15, 0.2) is 0 Å². The average Bonchev–Trinajstić information content (AvgIpc) is 2.19. The Morgan fingerprint density at radius 3 is 1.60 bits per heavy atom. The van der Waals surface area contributed by atoms with E-state index in [0.29, 0.717) is 26.4 Å². The molecule has 0 aromatic carbocycles. The summed E-state index contributed by atoms with van der Waals surface area (Å²) in [5.41, 5.74) is 0. The van der Waals surface area contributed by atoms with Gasteiger partial charge in [-0.2, -0.15) is 0 Å². The number of hydrogen-bond acceptors (Lipinski definition) is 4. The van der Waals surface area contributed by atoms with Gasteiger partial charge in [0, 0.05) is 0 Å². The van der Waals surface area contributed by atoms with Gasteiger partial charge in [-0.25, -0.2) is 0 Å². The van der Waals surface area contributed by atoms with Crippen molar-refractivity contribution in [3.8, 4) is 0 Å². The minimum atomic E-state index is 0. The maximum atomic E-state index is 8.46. The molecule has 0 unspecified atom stereocenters. The van der Waals surface area contributed by atoms with Crippen molar-refractivity contribution in [1.82, 2.24) is 0 Å². The zero-order valence-electron chi connectivity index (χ0n) is 9.25. The quantitative estimate of drug-likeness (QED) is 0.351. The molecular weight excluding hydrogens is 266 g/mol. The summed E-state index contributed by atoms with van der Waals surface area (Å²) in [6.07, 6.45) is 0. The van der Waals surface area contributed by atoms with Crippen molar-refractivity contribution in [1.29, 1.82) is 0 Å². The molecule has 15 heavy (non-hydrogen) atoms. The van der Waals surface area contributed by atoms with E-state index in [1.165, 1.54) is 4.90 Å². The molecule has 3 N–H and O–H groups in total. The van der Waals surface area contributed by atoms with E-state index in [9.17, 15) is 0 Å². The Bertz CT molecular complexity index is 106. The third-order valence-electron chi connectivity index (χ3n) is 1.82. The lowest BCUT2D eigenvalue weighted by atomic mass is 10.5. The summed E-state index contributed by atoms with van der Waals surface area (Å²) in [5, 5.41) is 16.9. The molecule has 0 aliphatic carbocycles. The lowest BCUT2D eigenvalue weighted by molar-refractivity contribution is -0.880. The number of rotatable bonds is 10. The van der Waals surface area contributed by atoms with Gasteiger partial charge in [0.05, 0.1) is 46.7 Å². The lowest BCUT2D eigenvalue weighted by Gasteiger charge is -2.13. The largest absolute Gasteiger partial charge is 1.00 e. The van der Waals surface area contributed by atoms with Crippen LogP contribution in [0.1, 0.15) is 0 Å². The second kappa shape index (κ2) is 14.3. The molecule has 94 valence electrons. The summed E-state index contributed by atoms with van der Waals surface area (Å²) in [6, 6.07) is 0. The Morgan fingerprint density at radius 1 is 0.867 bits per heavy atom. The van der Waals surface area contributed by atoms with Crippen LogP contribution in [0.2, 0.25) is 0 Å². The molecule has 0 aromatic heterocycles. The van der Waals surface area contributed by atoms with E-state index in [1.807, 2.05) is 0 Å². The molecule has 0 radical (unpaired) electrons. The fourth-order valence-electron chi connectivity index (χ4n) is 0.951. The number of quaternary nitrogens is 1. The number of aliphatic hydroxyl groups is 2. The Labute approximate surface area is 102 Å². The predicted octanol–water partition coefficient (Wildman–Crippen LogP) is -5.48. The highest BCUT2D eigenvalue weighted by atomic mass is 79.9. The van der Waals surface area contributed by atoms with E-state index < -0.39 is 0 Å². The summed E-state index contributed by atoms with van der Waals surface area (Å²) >= 11 is 0.